The topological polar surface area (TPSA) is 20.2 Å². The fraction of sp³-hybridized carbons (Fsp3) is 1.00. The zero-order chi connectivity index (χ0) is 3.58. The second-order valence-electron chi connectivity index (χ2n) is 0.519. The molecule has 0 radical (unpaired) electrons. The molecule has 0 aliphatic carbocycles. The van der Waals surface area contributed by atoms with Crippen molar-refractivity contribution >= 4 is 18.7 Å². The van der Waals surface area contributed by atoms with Crippen LogP contribution >= 0.6 is 6.92 Å². The SMILES string of the molecule is C[PH](O)=S. The van der Waals surface area contributed by atoms with Gasteiger partial charge in [0, 0.05) is 6.92 Å². The Kier molecular flexibility index (Phi) is 2.17. The molecule has 0 bridgehead atoms. The Labute approximate surface area is 31.2 Å². The van der Waals surface area contributed by atoms with E-state index in [1.54, 1.807) is 6.66 Å². The molecule has 1 nitrogen and oxygen atoms in total. The van der Waals surface area contributed by atoms with E-state index in [0.29, 0.717) is 0 Å². The molecule has 0 fully saturated rings. The van der Waals surface area contributed by atoms with E-state index in [2.05, 4.69) is 11.8 Å². The van der Waals surface area contributed by atoms with E-state index in [1.807, 2.05) is 0 Å². The Morgan fingerprint density at radius 3 is 2.00 bits per heavy atom. The predicted octanol–water partition coefficient (Wildman–Crippen LogP) is 0.200. The molecule has 0 aromatic carbocycles. The minimum Gasteiger partial charge on any atom is -0.368 e. The van der Waals surface area contributed by atoms with Gasteiger partial charge in [0.2, 0.25) is 0 Å². The Bertz CT molecular complexity index is 31.0. The average Bonchev–Trinajstić information content (AvgIpc) is 0.811. The van der Waals surface area contributed by atoms with Crippen LogP contribution in [0.2, 0.25) is 0 Å². The zero-order valence-electron chi connectivity index (χ0n) is 2.36. The predicted molar refractivity (Wildman–Crippen MR) is 23.8 cm³/mol. The lowest BCUT2D eigenvalue weighted by molar-refractivity contribution is 0.649. The fourth-order valence-electron chi connectivity index (χ4n) is 0. The minimum absolute atomic E-state index is 1.30. The van der Waals surface area contributed by atoms with Crippen LogP contribution in [0.3, 0.4) is 0 Å². The second-order valence-corrected chi connectivity index (χ2v) is 3.33. The van der Waals surface area contributed by atoms with Crippen molar-refractivity contribution in [2.45, 2.75) is 0 Å². The van der Waals surface area contributed by atoms with Gasteiger partial charge in [0.15, 0.2) is 0 Å². The van der Waals surface area contributed by atoms with Crippen molar-refractivity contribution in [2.24, 2.45) is 0 Å². The van der Waals surface area contributed by atoms with Crippen molar-refractivity contribution < 1.29 is 4.89 Å². The summed E-state index contributed by atoms with van der Waals surface area (Å²) in [5.74, 6) is 0. The summed E-state index contributed by atoms with van der Waals surface area (Å²) in [6.07, 6.45) is 0. The van der Waals surface area contributed by atoms with Crippen LogP contribution in [0.15, 0.2) is 0 Å². The molecule has 0 aliphatic rings. The van der Waals surface area contributed by atoms with Gasteiger partial charge >= 0.3 is 0 Å². The summed E-state index contributed by atoms with van der Waals surface area (Å²) in [5.41, 5.74) is 0. The second kappa shape index (κ2) is 1.89. The number of hydrogen-bond donors (Lipinski definition) is 1. The van der Waals surface area contributed by atoms with E-state index >= 15 is 0 Å². The maximum absolute atomic E-state index is 7.97. The maximum Gasteiger partial charge on any atom is 0.0492 e. The van der Waals surface area contributed by atoms with Gasteiger partial charge in [-0.2, -0.15) is 0 Å². The lowest BCUT2D eigenvalue weighted by Gasteiger charge is -1.65. The lowest BCUT2D eigenvalue weighted by atomic mass is 12.0. The summed E-state index contributed by atoms with van der Waals surface area (Å²) in [7, 11) is 0. The highest BCUT2D eigenvalue weighted by atomic mass is 32.4. The van der Waals surface area contributed by atoms with E-state index in [1.165, 1.54) is 0 Å². The van der Waals surface area contributed by atoms with Gasteiger partial charge in [0.1, 0.15) is 0 Å². The molecule has 0 aromatic heterocycles. The largest absolute Gasteiger partial charge is 0.368 e. The zero-order valence-corrected chi connectivity index (χ0v) is 4.17. The first-order chi connectivity index (χ1) is 1.73. The van der Waals surface area contributed by atoms with E-state index in [-0.39, 0.29) is 0 Å². The summed E-state index contributed by atoms with van der Waals surface area (Å²) in [6.45, 7) is 0.343. The number of hydrogen-bond acceptors (Lipinski definition) is 1. The van der Waals surface area contributed by atoms with Crippen molar-refractivity contribution in [3.05, 3.63) is 0 Å². The van der Waals surface area contributed by atoms with Crippen LogP contribution in [-0.2, 0) is 11.8 Å². The molecule has 4 heavy (non-hydrogen) atoms. The van der Waals surface area contributed by atoms with Crippen molar-refractivity contribution in [1.82, 2.24) is 0 Å². The van der Waals surface area contributed by atoms with Crippen LogP contribution in [0, 0.1) is 0 Å². The van der Waals surface area contributed by atoms with Crippen LogP contribution in [0.25, 0.3) is 0 Å². The van der Waals surface area contributed by atoms with Gasteiger partial charge in [-0.25, -0.2) is 0 Å². The van der Waals surface area contributed by atoms with Gasteiger partial charge in [0.05, 0.1) is 0 Å². The van der Waals surface area contributed by atoms with Gasteiger partial charge in [-0.3, -0.25) is 0 Å². The molecule has 0 heterocycles. The minimum atomic E-state index is -1.30. The molecule has 0 rings (SSSR count). The van der Waals surface area contributed by atoms with E-state index in [0.717, 1.165) is 0 Å². The highest BCUT2D eigenvalue weighted by Gasteiger charge is 1.53. The van der Waals surface area contributed by atoms with E-state index in [4.69, 9.17) is 4.89 Å². The summed E-state index contributed by atoms with van der Waals surface area (Å²) < 4.78 is 0. The van der Waals surface area contributed by atoms with Crippen molar-refractivity contribution in [2.75, 3.05) is 6.66 Å². The van der Waals surface area contributed by atoms with E-state index in [9.17, 15) is 0 Å². The van der Waals surface area contributed by atoms with Crippen LogP contribution in [0.1, 0.15) is 0 Å². The molecule has 0 aromatic rings. The van der Waals surface area contributed by atoms with Crippen molar-refractivity contribution in [3.63, 3.8) is 0 Å². The van der Waals surface area contributed by atoms with Gasteiger partial charge in [-0.15, -0.1) is 0 Å². The lowest BCUT2D eigenvalue weighted by Crippen LogP contribution is -1.34. The number of rotatable bonds is 0. The average molecular weight is 96.1 g/mol. The normalized spacial score (nSPS) is 15.5. The van der Waals surface area contributed by atoms with Crippen LogP contribution in [-0.4, -0.2) is 11.6 Å². The summed E-state index contributed by atoms with van der Waals surface area (Å²) >= 11 is 4.28. The molecule has 26 valence electrons. The maximum atomic E-state index is 7.97. The highest BCUT2D eigenvalue weighted by molar-refractivity contribution is 8.02. The molecule has 1 N–H and O–H groups in total. The molecular formula is CH5OPS. The molecule has 0 spiro atoms. The Morgan fingerprint density at radius 2 is 2.00 bits per heavy atom. The Balaban J connectivity index is 2.80. The molecule has 3 heteroatoms. The quantitative estimate of drug-likeness (QED) is 0.435. The molecule has 0 aliphatic heterocycles. The first kappa shape index (κ1) is 4.61. The third kappa shape index (κ3) is 18.2. The van der Waals surface area contributed by atoms with Crippen molar-refractivity contribution in [1.29, 1.82) is 0 Å². The van der Waals surface area contributed by atoms with Crippen molar-refractivity contribution in [3.8, 4) is 0 Å². The standard InChI is InChI=1S/CH5OPS/c1-3(2)4/h3H,1H3,(H,2,4). The summed E-state index contributed by atoms with van der Waals surface area (Å²) in [4.78, 5) is 7.97. The first-order valence-corrected chi connectivity index (χ1v) is 4.01. The molecule has 0 saturated heterocycles. The molecule has 1 unspecified atom stereocenters. The van der Waals surface area contributed by atoms with Gasteiger partial charge in [-0.05, 0) is 6.66 Å². The smallest absolute Gasteiger partial charge is 0.0492 e. The highest BCUT2D eigenvalue weighted by Crippen LogP contribution is 2.00. The van der Waals surface area contributed by atoms with Crippen LogP contribution in [0.4, 0.5) is 0 Å². The Hall–Kier alpha value is 0.610. The monoisotopic (exact) mass is 96.0 g/mol. The Morgan fingerprint density at radius 1 is 2.00 bits per heavy atom. The van der Waals surface area contributed by atoms with Crippen LogP contribution < -0.4 is 0 Å². The van der Waals surface area contributed by atoms with Gasteiger partial charge in [-0.1, -0.05) is 11.8 Å². The molecule has 1 atom stereocenters. The fourth-order valence-corrected chi connectivity index (χ4v) is 0. The third-order valence-electron chi connectivity index (χ3n) is 0. The molecule has 0 saturated carbocycles. The molecular weight excluding hydrogens is 91.1 g/mol. The van der Waals surface area contributed by atoms with Crippen LogP contribution in [0.5, 0.6) is 0 Å². The summed E-state index contributed by atoms with van der Waals surface area (Å²) in [5, 5.41) is 0. The van der Waals surface area contributed by atoms with E-state index < -0.39 is 6.92 Å². The van der Waals surface area contributed by atoms with Gasteiger partial charge < -0.3 is 4.89 Å². The third-order valence-corrected chi connectivity index (χ3v) is 0. The van der Waals surface area contributed by atoms with Gasteiger partial charge in [0.25, 0.3) is 0 Å². The molecule has 0 amide bonds. The summed E-state index contributed by atoms with van der Waals surface area (Å²) in [6, 6.07) is 0. The first-order valence-electron chi connectivity index (χ1n) is 0.928.